The summed E-state index contributed by atoms with van der Waals surface area (Å²) in [5.41, 5.74) is 3.11. The van der Waals surface area contributed by atoms with Crippen LogP contribution in [-0.2, 0) is 0 Å². The van der Waals surface area contributed by atoms with E-state index in [9.17, 15) is 4.79 Å². The van der Waals surface area contributed by atoms with Crippen LogP contribution in [0.4, 0.5) is 5.82 Å². The summed E-state index contributed by atoms with van der Waals surface area (Å²) in [6.45, 7) is 2.51. The van der Waals surface area contributed by atoms with Gasteiger partial charge in [-0.15, -0.1) is 0 Å². The minimum atomic E-state index is -0.0209. The van der Waals surface area contributed by atoms with Crippen LogP contribution in [0, 0.1) is 0 Å². The van der Waals surface area contributed by atoms with E-state index in [4.69, 9.17) is 9.84 Å². The smallest absolute Gasteiger partial charge is 0.257 e. The van der Waals surface area contributed by atoms with E-state index in [1.807, 2.05) is 71.8 Å². The maximum Gasteiger partial charge on any atom is 0.257 e. The number of anilines is 1. The van der Waals surface area contributed by atoms with Gasteiger partial charge in [-0.3, -0.25) is 9.78 Å². The predicted octanol–water partition coefficient (Wildman–Crippen LogP) is 3.30. The van der Waals surface area contributed by atoms with Crippen molar-refractivity contribution < 1.29 is 9.53 Å². The number of nitrogens with zero attached hydrogens (tertiary/aromatic N) is 6. The number of hydrogen-bond acceptors (Lipinski definition) is 6. The highest BCUT2D eigenvalue weighted by molar-refractivity contribution is 6.00. The molecule has 8 nitrogen and oxygen atoms in total. The van der Waals surface area contributed by atoms with Crippen molar-refractivity contribution >= 4 is 11.7 Å². The number of rotatable bonds is 5. The molecule has 1 aliphatic rings. The largest absolute Gasteiger partial charge is 0.480 e. The second-order valence-corrected chi connectivity index (χ2v) is 7.74. The minimum absolute atomic E-state index is 0.0209. The summed E-state index contributed by atoms with van der Waals surface area (Å²) in [5.74, 6) is 1.21. The Labute approximate surface area is 192 Å². The van der Waals surface area contributed by atoms with Gasteiger partial charge in [0, 0.05) is 37.9 Å². The van der Waals surface area contributed by atoms with Gasteiger partial charge in [0.25, 0.3) is 5.91 Å². The molecule has 8 heteroatoms. The van der Waals surface area contributed by atoms with Crippen LogP contribution >= 0.6 is 0 Å². The van der Waals surface area contributed by atoms with Crippen molar-refractivity contribution in [1.82, 2.24) is 24.6 Å². The standard InChI is InChI=1S/C25H24N6O2/c1-33-23-17-26-16-22(27-23)29-12-14-30(15-13-29)25(32)21-18-31(20-10-6-3-7-11-20)28-24(21)19-8-4-2-5-9-19/h2-11,16-18H,12-15H2,1H3. The van der Waals surface area contributed by atoms with Gasteiger partial charge in [-0.2, -0.15) is 10.1 Å². The van der Waals surface area contributed by atoms with E-state index in [2.05, 4.69) is 14.9 Å². The number of ether oxygens (including phenoxy) is 1. The van der Waals surface area contributed by atoms with E-state index >= 15 is 0 Å². The fourth-order valence-corrected chi connectivity index (χ4v) is 3.95. The Hall–Kier alpha value is -4.20. The summed E-state index contributed by atoms with van der Waals surface area (Å²) in [5, 5.41) is 4.77. The third kappa shape index (κ3) is 4.27. The molecule has 1 fully saturated rings. The summed E-state index contributed by atoms with van der Waals surface area (Å²) in [6, 6.07) is 19.7. The number of benzene rings is 2. The van der Waals surface area contributed by atoms with Gasteiger partial charge in [-0.25, -0.2) is 4.68 Å². The lowest BCUT2D eigenvalue weighted by Crippen LogP contribution is -2.49. The van der Waals surface area contributed by atoms with E-state index in [1.165, 1.54) is 0 Å². The number of carbonyl (C=O) groups excluding carboxylic acids is 1. The highest BCUT2D eigenvalue weighted by atomic mass is 16.5. The molecule has 1 amide bonds. The molecule has 2 aromatic carbocycles. The third-order valence-corrected chi connectivity index (χ3v) is 5.71. The van der Waals surface area contributed by atoms with Crippen LogP contribution in [0.15, 0.2) is 79.3 Å². The molecule has 0 radical (unpaired) electrons. The highest BCUT2D eigenvalue weighted by Gasteiger charge is 2.27. The molecule has 5 rings (SSSR count). The monoisotopic (exact) mass is 440 g/mol. The molecule has 1 saturated heterocycles. The minimum Gasteiger partial charge on any atom is -0.480 e. The zero-order chi connectivity index (χ0) is 22.6. The number of aromatic nitrogens is 4. The second-order valence-electron chi connectivity index (χ2n) is 7.74. The zero-order valence-electron chi connectivity index (χ0n) is 18.3. The molecular weight excluding hydrogens is 416 g/mol. The fraction of sp³-hybridized carbons (Fsp3) is 0.200. The Kier molecular flexibility index (Phi) is 5.72. The molecule has 1 aliphatic heterocycles. The number of methoxy groups -OCH3 is 1. The van der Waals surface area contributed by atoms with Crippen molar-refractivity contribution in [3.05, 3.63) is 84.8 Å². The number of carbonyl (C=O) groups is 1. The quantitative estimate of drug-likeness (QED) is 0.474. The zero-order valence-corrected chi connectivity index (χ0v) is 18.3. The van der Waals surface area contributed by atoms with Crippen molar-refractivity contribution in [3.63, 3.8) is 0 Å². The number of para-hydroxylation sites is 1. The summed E-state index contributed by atoms with van der Waals surface area (Å²) >= 11 is 0. The third-order valence-electron chi connectivity index (χ3n) is 5.71. The fourth-order valence-electron chi connectivity index (χ4n) is 3.95. The summed E-state index contributed by atoms with van der Waals surface area (Å²) < 4.78 is 6.96. The van der Waals surface area contributed by atoms with Gasteiger partial charge in [0.1, 0.15) is 5.69 Å². The molecule has 0 aliphatic carbocycles. The SMILES string of the molecule is COc1cncc(N2CCN(C(=O)c3cn(-c4ccccc4)nc3-c3ccccc3)CC2)n1. The van der Waals surface area contributed by atoms with Crippen LogP contribution in [0.5, 0.6) is 5.88 Å². The first-order valence-corrected chi connectivity index (χ1v) is 10.8. The van der Waals surface area contributed by atoms with Gasteiger partial charge in [0.05, 0.1) is 30.8 Å². The van der Waals surface area contributed by atoms with E-state index in [1.54, 1.807) is 24.2 Å². The first-order chi connectivity index (χ1) is 16.2. The molecule has 0 saturated carbocycles. The van der Waals surface area contributed by atoms with Gasteiger partial charge < -0.3 is 14.5 Å². The lowest BCUT2D eigenvalue weighted by atomic mass is 10.1. The van der Waals surface area contributed by atoms with Crippen molar-refractivity contribution in [3.8, 4) is 22.8 Å². The van der Waals surface area contributed by atoms with Crippen molar-refractivity contribution in [2.45, 2.75) is 0 Å². The number of piperazine rings is 1. The number of hydrogen-bond donors (Lipinski definition) is 0. The van der Waals surface area contributed by atoms with Crippen LogP contribution < -0.4 is 9.64 Å². The topological polar surface area (TPSA) is 76.4 Å². The van der Waals surface area contributed by atoms with E-state index in [0.717, 1.165) is 17.1 Å². The van der Waals surface area contributed by atoms with E-state index in [0.29, 0.717) is 43.3 Å². The van der Waals surface area contributed by atoms with Gasteiger partial charge in [0.2, 0.25) is 5.88 Å². The van der Waals surface area contributed by atoms with Gasteiger partial charge in [0.15, 0.2) is 5.82 Å². The molecule has 166 valence electrons. The molecule has 0 atom stereocenters. The Morgan fingerprint density at radius 3 is 2.30 bits per heavy atom. The highest BCUT2D eigenvalue weighted by Crippen LogP contribution is 2.26. The Balaban J connectivity index is 1.40. The molecule has 0 unspecified atom stereocenters. The van der Waals surface area contributed by atoms with Crippen LogP contribution in [-0.4, -0.2) is 63.8 Å². The maximum absolute atomic E-state index is 13.6. The first kappa shape index (κ1) is 20.7. The Bertz CT molecular complexity index is 1230. The van der Waals surface area contributed by atoms with E-state index < -0.39 is 0 Å². The van der Waals surface area contributed by atoms with Crippen molar-refractivity contribution in [2.75, 3.05) is 38.2 Å². The van der Waals surface area contributed by atoms with Crippen LogP contribution in [0.1, 0.15) is 10.4 Å². The average molecular weight is 441 g/mol. The molecule has 0 spiro atoms. The summed E-state index contributed by atoms with van der Waals surface area (Å²) in [7, 11) is 1.57. The molecular formula is C25H24N6O2. The molecule has 2 aromatic heterocycles. The Morgan fingerprint density at radius 2 is 1.61 bits per heavy atom. The predicted molar refractivity (Wildman–Crippen MR) is 126 cm³/mol. The average Bonchev–Trinajstić information content (AvgIpc) is 3.35. The molecule has 0 N–H and O–H groups in total. The van der Waals surface area contributed by atoms with Crippen LogP contribution in [0.3, 0.4) is 0 Å². The molecule has 0 bridgehead atoms. The van der Waals surface area contributed by atoms with Gasteiger partial charge in [-0.05, 0) is 12.1 Å². The lowest BCUT2D eigenvalue weighted by molar-refractivity contribution is 0.0747. The lowest BCUT2D eigenvalue weighted by Gasteiger charge is -2.35. The molecule has 3 heterocycles. The maximum atomic E-state index is 13.6. The first-order valence-electron chi connectivity index (χ1n) is 10.8. The number of amides is 1. The van der Waals surface area contributed by atoms with Crippen LogP contribution in [0.25, 0.3) is 16.9 Å². The Morgan fingerprint density at radius 1 is 0.909 bits per heavy atom. The molecule has 33 heavy (non-hydrogen) atoms. The second kappa shape index (κ2) is 9.12. The molecule has 4 aromatic rings. The van der Waals surface area contributed by atoms with Gasteiger partial charge in [-0.1, -0.05) is 48.5 Å². The summed E-state index contributed by atoms with van der Waals surface area (Å²) in [6.07, 6.45) is 5.14. The van der Waals surface area contributed by atoms with Crippen molar-refractivity contribution in [1.29, 1.82) is 0 Å². The summed E-state index contributed by atoms with van der Waals surface area (Å²) in [4.78, 5) is 26.2. The van der Waals surface area contributed by atoms with Gasteiger partial charge >= 0.3 is 0 Å². The van der Waals surface area contributed by atoms with E-state index in [-0.39, 0.29) is 5.91 Å². The normalized spacial score (nSPS) is 13.7. The van der Waals surface area contributed by atoms with Crippen LogP contribution in [0.2, 0.25) is 0 Å². The van der Waals surface area contributed by atoms with Crippen molar-refractivity contribution in [2.24, 2.45) is 0 Å².